The zero-order valence-corrected chi connectivity index (χ0v) is 14.8. The van der Waals surface area contributed by atoms with Gasteiger partial charge in [0.25, 0.3) is 0 Å². The Morgan fingerprint density at radius 2 is 1.54 bits per heavy atom. The molecule has 26 heavy (non-hydrogen) atoms. The van der Waals surface area contributed by atoms with E-state index >= 15 is 0 Å². The van der Waals surface area contributed by atoms with Gasteiger partial charge in [0.05, 0.1) is 5.69 Å². The number of carboxylic acid groups (broad SMARTS) is 1. The number of carboxylic acids is 1. The first-order valence-corrected chi connectivity index (χ1v) is 9.21. The maximum Gasteiger partial charge on any atom is 0.321 e. The second-order valence-corrected chi connectivity index (χ2v) is 7.11. The molecule has 4 rings (SSSR count). The van der Waals surface area contributed by atoms with Gasteiger partial charge in [0.15, 0.2) is 0 Å². The predicted octanol–water partition coefficient (Wildman–Crippen LogP) is 5.55. The highest BCUT2D eigenvalue weighted by Crippen LogP contribution is 2.40. The van der Waals surface area contributed by atoms with E-state index in [0.29, 0.717) is 0 Å². The van der Waals surface area contributed by atoms with Gasteiger partial charge in [-0.3, -0.25) is 4.79 Å². The van der Waals surface area contributed by atoms with Crippen LogP contribution >= 0.6 is 11.8 Å². The van der Waals surface area contributed by atoms with Crippen molar-refractivity contribution in [1.82, 2.24) is 4.57 Å². The monoisotopic (exact) mass is 359 g/mol. The van der Waals surface area contributed by atoms with E-state index in [1.165, 1.54) is 11.8 Å². The fraction of sp³-hybridized carbons (Fsp3) is 0.0455. The van der Waals surface area contributed by atoms with E-state index in [2.05, 4.69) is 0 Å². The van der Waals surface area contributed by atoms with Crippen molar-refractivity contribution < 1.29 is 9.90 Å². The van der Waals surface area contributed by atoms with Gasteiger partial charge in [-0.05, 0) is 40.6 Å². The zero-order chi connectivity index (χ0) is 17.9. The molecule has 1 heterocycles. The van der Waals surface area contributed by atoms with Crippen molar-refractivity contribution in [2.75, 3.05) is 0 Å². The molecule has 4 aromatic rings. The Bertz CT molecular complexity index is 1050. The smallest absolute Gasteiger partial charge is 0.321 e. The van der Waals surface area contributed by atoms with E-state index in [4.69, 9.17) is 0 Å². The van der Waals surface area contributed by atoms with Gasteiger partial charge in [-0.1, -0.05) is 54.6 Å². The average molecular weight is 359 g/mol. The van der Waals surface area contributed by atoms with Gasteiger partial charge in [-0.2, -0.15) is 0 Å². The summed E-state index contributed by atoms with van der Waals surface area (Å²) in [4.78, 5) is 13.1. The normalized spacial score (nSPS) is 12.2. The average Bonchev–Trinajstić information content (AvgIpc) is 3.20. The van der Waals surface area contributed by atoms with Gasteiger partial charge >= 0.3 is 5.97 Å². The van der Waals surface area contributed by atoms with Crippen molar-refractivity contribution in [3.05, 3.63) is 96.8 Å². The molecule has 3 aromatic carbocycles. The fourth-order valence-corrected chi connectivity index (χ4v) is 4.26. The largest absolute Gasteiger partial charge is 0.480 e. The molecule has 0 amide bonds. The van der Waals surface area contributed by atoms with Crippen LogP contribution in [0, 0.1) is 0 Å². The summed E-state index contributed by atoms with van der Waals surface area (Å²) in [6.07, 6.45) is 3.93. The molecule has 1 unspecified atom stereocenters. The second kappa shape index (κ2) is 7.10. The number of hydrogen-bond donors (Lipinski definition) is 1. The summed E-state index contributed by atoms with van der Waals surface area (Å²) in [5, 5.41) is 11.3. The SMILES string of the molecule is O=C(O)C(Sc1ccccc1-n1cccc1)c1cccc2ccccc12. The molecular weight excluding hydrogens is 342 g/mol. The van der Waals surface area contributed by atoms with Gasteiger partial charge in [0.2, 0.25) is 0 Å². The third-order valence-corrected chi connectivity index (χ3v) is 5.61. The third-order valence-electron chi connectivity index (χ3n) is 4.32. The van der Waals surface area contributed by atoms with Gasteiger partial charge < -0.3 is 9.67 Å². The lowest BCUT2D eigenvalue weighted by molar-refractivity contribution is -0.136. The van der Waals surface area contributed by atoms with E-state index in [1.54, 1.807) is 0 Å². The number of carbonyl (C=O) groups is 1. The van der Waals surface area contributed by atoms with Crippen LogP contribution in [0.25, 0.3) is 16.5 Å². The van der Waals surface area contributed by atoms with Crippen LogP contribution in [-0.4, -0.2) is 15.6 Å². The molecule has 0 aliphatic rings. The number of fused-ring (bicyclic) bond motifs is 1. The molecular formula is C22H17NO2S. The van der Waals surface area contributed by atoms with E-state index < -0.39 is 11.2 Å². The summed E-state index contributed by atoms with van der Waals surface area (Å²) in [5.41, 5.74) is 1.80. The van der Waals surface area contributed by atoms with E-state index in [1.807, 2.05) is 95.8 Å². The number of benzene rings is 3. The molecule has 3 nitrogen and oxygen atoms in total. The molecule has 0 aliphatic carbocycles. The molecule has 0 radical (unpaired) electrons. The molecule has 0 spiro atoms. The predicted molar refractivity (Wildman–Crippen MR) is 106 cm³/mol. The minimum absolute atomic E-state index is 0.683. The van der Waals surface area contributed by atoms with Crippen LogP contribution in [0.2, 0.25) is 0 Å². The van der Waals surface area contributed by atoms with Crippen molar-refractivity contribution in [2.24, 2.45) is 0 Å². The molecule has 128 valence electrons. The summed E-state index contributed by atoms with van der Waals surface area (Å²) < 4.78 is 2.00. The maximum absolute atomic E-state index is 12.1. The summed E-state index contributed by atoms with van der Waals surface area (Å²) in [7, 11) is 0. The summed E-state index contributed by atoms with van der Waals surface area (Å²) in [6, 6.07) is 25.6. The summed E-state index contributed by atoms with van der Waals surface area (Å²) >= 11 is 1.37. The standard InChI is InChI=1S/C22H17NO2S/c24-22(25)21(18-11-7-9-16-8-1-2-10-17(16)18)26-20-13-4-3-12-19(20)23-14-5-6-15-23/h1-15,21H,(H,24,25). The van der Waals surface area contributed by atoms with Crippen LogP contribution < -0.4 is 0 Å². The first-order valence-electron chi connectivity index (χ1n) is 8.33. The zero-order valence-electron chi connectivity index (χ0n) is 13.9. The summed E-state index contributed by atoms with van der Waals surface area (Å²) in [6.45, 7) is 0. The first kappa shape index (κ1) is 16.5. The fourth-order valence-electron chi connectivity index (χ4n) is 3.12. The van der Waals surface area contributed by atoms with Crippen LogP contribution in [0.4, 0.5) is 0 Å². The molecule has 1 N–H and O–H groups in total. The first-order chi connectivity index (χ1) is 12.7. The molecule has 0 bridgehead atoms. The van der Waals surface area contributed by atoms with Crippen molar-refractivity contribution in [3.8, 4) is 5.69 Å². The Morgan fingerprint density at radius 1 is 0.846 bits per heavy atom. The van der Waals surface area contributed by atoms with Crippen LogP contribution in [0.3, 0.4) is 0 Å². The van der Waals surface area contributed by atoms with Gasteiger partial charge in [-0.15, -0.1) is 11.8 Å². The van der Waals surface area contributed by atoms with Crippen molar-refractivity contribution >= 4 is 28.5 Å². The van der Waals surface area contributed by atoms with Crippen molar-refractivity contribution in [2.45, 2.75) is 10.1 Å². The molecule has 0 aliphatic heterocycles. The molecule has 0 saturated carbocycles. The quantitative estimate of drug-likeness (QED) is 0.475. The highest BCUT2D eigenvalue weighted by Gasteiger charge is 2.24. The Hall–Kier alpha value is -2.98. The summed E-state index contributed by atoms with van der Waals surface area (Å²) in [5.74, 6) is -0.839. The maximum atomic E-state index is 12.1. The molecule has 1 atom stereocenters. The van der Waals surface area contributed by atoms with Crippen molar-refractivity contribution in [1.29, 1.82) is 0 Å². The van der Waals surface area contributed by atoms with Crippen LogP contribution in [0.5, 0.6) is 0 Å². The van der Waals surface area contributed by atoms with Crippen molar-refractivity contribution in [3.63, 3.8) is 0 Å². The Labute approximate surface area is 155 Å². The lowest BCUT2D eigenvalue weighted by Crippen LogP contribution is -2.09. The lowest BCUT2D eigenvalue weighted by Gasteiger charge is -2.17. The van der Waals surface area contributed by atoms with E-state index in [0.717, 1.165) is 26.9 Å². The number of rotatable bonds is 5. The number of aliphatic carboxylic acids is 1. The van der Waals surface area contributed by atoms with Crippen LogP contribution in [-0.2, 0) is 4.79 Å². The molecule has 0 fully saturated rings. The van der Waals surface area contributed by atoms with E-state index in [-0.39, 0.29) is 0 Å². The van der Waals surface area contributed by atoms with E-state index in [9.17, 15) is 9.90 Å². The lowest BCUT2D eigenvalue weighted by atomic mass is 10.0. The topological polar surface area (TPSA) is 42.2 Å². The minimum Gasteiger partial charge on any atom is -0.480 e. The van der Waals surface area contributed by atoms with Crippen LogP contribution in [0.1, 0.15) is 10.8 Å². The highest BCUT2D eigenvalue weighted by molar-refractivity contribution is 8.00. The molecule has 4 heteroatoms. The highest BCUT2D eigenvalue weighted by atomic mass is 32.2. The Morgan fingerprint density at radius 3 is 2.35 bits per heavy atom. The third kappa shape index (κ3) is 3.11. The number of para-hydroxylation sites is 1. The Kier molecular flexibility index (Phi) is 4.50. The van der Waals surface area contributed by atoms with Gasteiger partial charge in [-0.25, -0.2) is 0 Å². The molecule has 1 aromatic heterocycles. The second-order valence-electron chi connectivity index (χ2n) is 5.96. The van der Waals surface area contributed by atoms with Gasteiger partial charge in [0.1, 0.15) is 5.25 Å². The Balaban J connectivity index is 1.79. The van der Waals surface area contributed by atoms with Gasteiger partial charge in [0, 0.05) is 17.3 Å². The minimum atomic E-state index is -0.839. The number of hydrogen-bond acceptors (Lipinski definition) is 2. The number of aromatic nitrogens is 1. The number of thioether (sulfide) groups is 1. The van der Waals surface area contributed by atoms with Crippen LogP contribution in [0.15, 0.2) is 96.2 Å². The number of nitrogens with zero attached hydrogens (tertiary/aromatic N) is 1. The molecule has 0 saturated heterocycles.